The van der Waals surface area contributed by atoms with Crippen molar-refractivity contribution >= 4 is 33.6 Å². The number of carbonyl (C=O) groups is 3. The highest BCUT2D eigenvalue weighted by molar-refractivity contribution is 7.89. The molecule has 0 amide bonds. The molecule has 11 nitrogen and oxygen atoms in total. The molecule has 144 valence electrons. The molecule has 12 heteroatoms. The molecule has 0 aliphatic carbocycles. The maximum atomic E-state index is 11.8. The predicted molar refractivity (Wildman–Crippen MR) is 87.9 cm³/mol. The molecule has 0 aliphatic rings. The zero-order valence-electron chi connectivity index (χ0n) is 13.6. The number of aliphatic carboxylic acids is 1. The Morgan fingerprint density at radius 1 is 1.12 bits per heavy atom. The molecule has 0 saturated carbocycles. The van der Waals surface area contributed by atoms with Gasteiger partial charge in [0.2, 0.25) is 10.0 Å². The second kappa shape index (κ2) is 9.24. The summed E-state index contributed by atoms with van der Waals surface area (Å²) in [4.78, 5) is 33.6. The highest BCUT2D eigenvalue weighted by Gasteiger charge is 2.33. The van der Waals surface area contributed by atoms with Gasteiger partial charge in [0.25, 0.3) is 0 Å². The Bertz CT molecular complexity index is 761. The van der Waals surface area contributed by atoms with Crippen LogP contribution in [0.25, 0.3) is 0 Å². The molecule has 0 bridgehead atoms. The van der Waals surface area contributed by atoms with Gasteiger partial charge in [0, 0.05) is 12.2 Å². The summed E-state index contributed by atoms with van der Waals surface area (Å²) in [6.45, 7) is 0.116. The molecule has 1 rings (SSSR count). The Morgan fingerprint density at radius 2 is 1.69 bits per heavy atom. The van der Waals surface area contributed by atoms with Crippen molar-refractivity contribution < 1.29 is 42.9 Å². The van der Waals surface area contributed by atoms with Crippen molar-refractivity contribution in [2.45, 2.75) is 12.2 Å². The molecule has 2 atom stereocenters. The van der Waals surface area contributed by atoms with E-state index in [0.29, 0.717) is 5.69 Å². The van der Waals surface area contributed by atoms with Gasteiger partial charge < -0.3 is 25.4 Å². The van der Waals surface area contributed by atoms with Gasteiger partial charge in [0.15, 0.2) is 12.2 Å². The number of carbonyl (C=O) groups excluding carboxylic acids is 2. The van der Waals surface area contributed by atoms with Crippen LogP contribution in [0.1, 0.15) is 10.4 Å². The number of carboxylic acids is 1. The van der Waals surface area contributed by atoms with E-state index in [4.69, 9.17) is 10.2 Å². The molecule has 1 aromatic rings. The number of carboxylic acid groups (broad SMARTS) is 1. The number of ether oxygens (including phenoxy) is 1. The van der Waals surface area contributed by atoms with E-state index < -0.39 is 40.1 Å². The average molecular weight is 390 g/mol. The number of nitrogens with one attached hydrogen (secondary N) is 2. The molecule has 1 aromatic carbocycles. The van der Waals surface area contributed by atoms with Crippen LogP contribution in [0.3, 0.4) is 0 Å². The Balaban J connectivity index is 2.61. The van der Waals surface area contributed by atoms with Gasteiger partial charge in [-0.1, -0.05) is 0 Å². The summed E-state index contributed by atoms with van der Waals surface area (Å²) in [5.74, 6) is -4.77. The zero-order chi connectivity index (χ0) is 19.9. The van der Waals surface area contributed by atoms with Crippen molar-refractivity contribution in [2.75, 3.05) is 24.7 Å². The Labute approximate surface area is 148 Å². The average Bonchev–Trinajstić information content (AvgIpc) is 2.60. The number of anilines is 1. The second-order valence-electron chi connectivity index (χ2n) is 4.96. The number of aliphatic hydroxyl groups is 2. The Kier molecular flexibility index (Phi) is 7.64. The lowest BCUT2D eigenvalue weighted by Gasteiger charge is -2.12. The standard InChI is InChI=1S/C14H18N2O9S/c1-15-26(23,24)7-6-16-9-4-2-8(3-5-9)13(21)25-14(22)11(18)10(17)12(19)20/h2-5,10-11,15-18H,6-7H2,1H3,(H,19,20). The fraction of sp³-hybridized carbons (Fsp3) is 0.357. The minimum Gasteiger partial charge on any atom is -0.479 e. The normalized spacial score (nSPS) is 13.5. The summed E-state index contributed by atoms with van der Waals surface area (Å²) >= 11 is 0. The van der Waals surface area contributed by atoms with Crippen LogP contribution in [0.4, 0.5) is 5.69 Å². The summed E-state index contributed by atoms with van der Waals surface area (Å²) in [6.07, 6.45) is -4.83. The molecule has 0 fully saturated rings. The lowest BCUT2D eigenvalue weighted by atomic mass is 10.2. The molecular weight excluding hydrogens is 372 g/mol. The summed E-state index contributed by atoms with van der Waals surface area (Å²) in [5.41, 5.74) is 0.421. The molecule has 26 heavy (non-hydrogen) atoms. The highest BCUT2D eigenvalue weighted by Crippen LogP contribution is 2.11. The van der Waals surface area contributed by atoms with Crippen LogP contribution < -0.4 is 10.0 Å². The monoisotopic (exact) mass is 390 g/mol. The smallest absolute Gasteiger partial charge is 0.346 e. The number of aliphatic hydroxyl groups excluding tert-OH is 2. The molecule has 0 aromatic heterocycles. The van der Waals surface area contributed by atoms with E-state index in [9.17, 15) is 27.9 Å². The number of hydrogen-bond donors (Lipinski definition) is 5. The quantitative estimate of drug-likeness (QED) is 0.237. The van der Waals surface area contributed by atoms with E-state index in [2.05, 4.69) is 14.8 Å². The third-order valence-corrected chi connectivity index (χ3v) is 4.48. The fourth-order valence-electron chi connectivity index (χ4n) is 1.63. The Hall–Kier alpha value is -2.54. The van der Waals surface area contributed by atoms with Crippen LogP contribution in [0, 0.1) is 0 Å². The number of benzene rings is 1. The van der Waals surface area contributed by atoms with Crippen molar-refractivity contribution in [3.8, 4) is 0 Å². The van der Waals surface area contributed by atoms with Gasteiger partial charge in [-0.2, -0.15) is 0 Å². The highest BCUT2D eigenvalue weighted by atomic mass is 32.2. The first-order valence-electron chi connectivity index (χ1n) is 7.17. The molecule has 0 heterocycles. The molecule has 0 saturated heterocycles. The van der Waals surface area contributed by atoms with Crippen LogP contribution in [-0.4, -0.2) is 73.2 Å². The molecule has 2 unspecified atom stereocenters. The molecule has 5 N–H and O–H groups in total. The molecular formula is C14H18N2O9S. The van der Waals surface area contributed by atoms with Crippen molar-refractivity contribution in [2.24, 2.45) is 0 Å². The maximum Gasteiger partial charge on any atom is 0.346 e. The third-order valence-electron chi connectivity index (χ3n) is 3.12. The fourth-order valence-corrected chi connectivity index (χ4v) is 2.21. The summed E-state index contributed by atoms with van der Waals surface area (Å²) < 4.78 is 29.0. The van der Waals surface area contributed by atoms with E-state index in [1.807, 2.05) is 0 Å². The van der Waals surface area contributed by atoms with E-state index >= 15 is 0 Å². The number of hydrogen-bond acceptors (Lipinski definition) is 9. The molecule has 0 radical (unpaired) electrons. The van der Waals surface area contributed by atoms with Gasteiger partial charge >= 0.3 is 17.9 Å². The lowest BCUT2D eigenvalue weighted by Crippen LogP contribution is -2.41. The van der Waals surface area contributed by atoms with Crippen molar-refractivity contribution in [1.29, 1.82) is 0 Å². The summed E-state index contributed by atoms with van der Waals surface area (Å²) in [7, 11) is -2.06. The first-order chi connectivity index (χ1) is 12.1. The van der Waals surface area contributed by atoms with Crippen molar-refractivity contribution in [1.82, 2.24) is 4.72 Å². The van der Waals surface area contributed by atoms with Crippen LogP contribution in [0.5, 0.6) is 0 Å². The van der Waals surface area contributed by atoms with E-state index in [1.165, 1.54) is 31.3 Å². The van der Waals surface area contributed by atoms with Gasteiger partial charge in [-0.15, -0.1) is 0 Å². The van der Waals surface area contributed by atoms with Crippen LogP contribution >= 0.6 is 0 Å². The largest absolute Gasteiger partial charge is 0.479 e. The van der Waals surface area contributed by atoms with Gasteiger partial charge in [0.05, 0.1) is 11.3 Å². The first kappa shape index (κ1) is 21.5. The van der Waals surface area contributed by atoms with Gasteiger partial charge in [-0.3, -0.25) is 0 Å². The minimum atomic E-state index is -3.36. The van der Waals surface area contributed by atoms with Crippen molar-refractivity contribution in [3.05, 3.63) is 29.8 Å². The summed E-state index contributed by atoms with van der Waals surface area (Å²) in [5, 5.41) is 29.6. The number of rotatable bonds is 9. The topological polar surface area (TPSA) is 179 Å². The van der Waals surface area contributed by atoms with Gasteiger partial charge in [0.1, 0.15) is 0 Å². The minimum absolute atomic E-state index is 0.0799. The first-order valence-corrected chi connectivity index (χ1v) is 8.82. The van der Waals surface area contributed by atoms with E-state index in [0.717, 1.165) is 0 Å². The van der Waals surface area contributed by atoms with Gasteiger partial charge in [-0.25, -0.2) is 27.5 Å². The summed E-state index contributed by atoms with van der Waals surface area (Å²) in [6, 6.07) is 5.39. The zero-order valence-corrected chi connectivity index (χ0v) is 14.4. The van der Waals surface area contributed by atoms with E-state index in [-0.39, 0.29) is 17.9 Å². The number of sulfonamides is 1. The molecule has 0 spiro atoms. The second-order valence-corrected chi connectivity index (χ2v) is 7.01. The third kappa shape index (κ3) is 6.40. The lowest BCUT2D eigenvalue weighted by molar-refractivity contribution is -0.166. The number of esters is 2. The van der Waals surface area contributed by atoms with Crippen molar-refractivity contribution in [3.63, 3.8) is 0 Å². The SMILES string of the molecule is CNS(=O)(=O)CCNc1ccc(C(=O)OC(=O)C(O)C(O)C(=O)O)cc1. The predicted octanol–water partition coefficient (Wildman–Crippen LogP) is -1.86. The Morgan fingerprint density at radius 3 is 2.19 bits per heavy atom. The van der Waals surface area contributed by atoms with E-state index in [1.54, 1.807) is 0 Å². The molecule has 0 aliphatic heterocycles. The van der Waals surface area contributed by atoms with Crippen LogP contribution in [0.2, 0.25) is 0 Å². The van der Waals surface area contributed by atoms with Crippen LogP contribution in [0.15, 0.2) is 24.3 Å². The maximum absolute atomic E-state index is 11.8. The van der Waals surface area contributed by atoms with Crippen LogP contribution in [-0.2, 0) is 24.3 Å². The van der Waals surface area contributed by atoms with Gasteiger partial charge in [-0.05, 0) is 31.3 Å².